The average Bonchev–Trinajstić information content (AvgIpc) is 3.22. The monoisotopic (exact) mass is 254 g/mol. The van der Waals surface area contributed by atoms with E-state index in [0.717, 1.165) is 25.2 Å². The number of rotatable bonds is 1. The van der Waals surface area contributed by atoms with E-state index in [0.29, 0.717) is 18.3 Å². The predicted molar refractivity (Wildman–Crippen MR) is 65.3 cm³/mol. The number of ether oxygens (including phenoxy) is 2. The number of carbonyl (C=O) groups is 1. The smallest absolute Gasteiger partial charge is 0.306 e. The van der Waals surface area contributed by atoms with Gasteiger partial charge in [0.05, 0.1) is 30.3 Å². The largest absolute Gasteiger partial charge is 0.481 e. The molecule has 0 amide bonds. The van der Waals surface area contributed by atoms with E-state index in [-0.39, 0.29) is 12.0 Å². The lowest BCUT2D eigenvalue weighted by molar-refractivity contribution is -0.142. The Bertz CT molecular complexity index is 330. The van der Waals surface area contributed by atoms with Gasteiger partial charge in [-0.05, 0) is 44.4 Å². The van der Waals surface area contributed by atoms with Crippen molar-refractivity contribution in [3.05, 3.63) is 0 Å². The van der Waals surface area contributed by atoms with Gasteiger partial charge in [-0.1, -0.05) is 6.92 Å². The molecule has 2 heterocycles. The lowest BCUT2D eigenvalue weighted by Crippen LogP contribution is -2.21. The van der Waals surface area contributed by atoms with Gasteiger partial charge in [0.1, 0.15) is 0 Å². The molecule has 0 bridgehead atoms. The number of aliphatic carboxylic acids is 1. The van der Waals surface area contributed by atoms with Crippen molar-refractivity contribution in [1.82, 2.24) is 0 Å². The minimum absolute atomic E-state index is 0.135. The number of fused-ring (bicyclic) bond motifs is 2. The van der Waals surface area contributed by atoms with Crippen molar-refractivity contribution < 1.29 is 19.4 Å². The maximum atomic E-state index is 10.5. The summed E-state index contributed by atoms with van der Waals surface area (Å²) in [5, 5.41) is 8.62. The summed E-state index contributed by atoms with van der Waals surface area (Å²) in [5.74, 6) is 0.136. The normalized spacial score (nSPS) is 48.1. The van der Waals surface area contributed by atoms with E-state index in [1.807, 2.05) is 0 Å². The third kappa shape index (κ3) is 2.86. The number of hydrogen-bond acceptors (Lipinski definition) is 3. The minimum Gasteiger partial charge on any atom is -0.481 e. The van der Waals surface area contributed by atoms with Gasteiger partial charge in [0.15, 0.2) is 0 Å². The molecular weight excluding hydrogens is 232 g/mol. The van der Waals surface area contributed by atoms with E-state index in [1.54, 1.807) is 0 Å². The molecule has 2 saturated carbocycles. The predicted octanol–water partition coefficient (Wildman–Crippen LogP) is 2.21. The molecule has 6 atom stereocenters. The van der Waals surface area contributed by atoms with Gasteiger partial charge in [0.25, 0.3) is 0 Å². The standard InChI is InChI=1S/C7H10O3.C7H12O/c8-7(9)4-1-2-5-6(3-4)10-5;1-5-2-3-6-7(4-5)8-6/h4-6H,1-3H2,(H,8,9);5-7H,2-4H2,1H3. The van der Waals surface area contributed by atoms with E-state index in [1.165, 1.54) is 19.3 Å². The van der Waals surface area contributed by atoms with Crippen LogP contribution in [0, 0.1) is 11.8 Å². The third-order valence-electron chi connectivity index (χ3n) is 4.62. The molecule has 4 fully saturated rings. The zero-order valence-corrected chi connectivity index (χ0v) is 10.9. The Kier molecular flexibility index (Phi) is 3.32. The van der Waals surface area contributed by atoms with Crippen molar-refractivity contribution >= 4 is 5.97 Å². The molecule has 0 aromatic heterocycles. The fourth-order valence-corrected chi connectivity index (χ4v) is 3.23. The Labute approximate surface area is 108 Å². The first kappa shape index (κ1) is 12.4. The molecule has 4 aliphatic rings. The number of carboxylic acids is 1. The lowest BCUT2D eigenvalue weighted by Gasteiger charge is -2.12. The summed E-state index contributed by atoms with van der Waals surface area (Å²) in [6.45, 7) is 2.32. The van der Waals surface area contributed by atoms with E-state index < -0.39 is 5.97 Å². The SMILES string of the molecule is CC1CCC2OC2C1.O=C(O)C1CCC2OC2C1. The topological polar surface area (TPSA) is 62.4 Å². The number of epoxide rings is 2. The van der Waals surface area contributed by atoms with Gasteiger partial charge in [-0.2, -0.15) is 0 Å². The minimum atomic E-state index is -0.658. The molecule has 4 rings (SSSR count). The molecule has 4 nitrogen and oxygen atoms in total. The van der Waals surface area contributed by atoms with Gasteiger partial charge in [-0.15, -0.1) is 0 Å². The van der Waals surface area contributed by atoms with Crippen LogP contribution >= 0.6 is 0 Å². The van der Waals surface area contributed by atoms with Crippen LogP contribution < -0.4 is 0 Å². The zero-order valence-electron chi connectivity index (χ0n) is 10.9. The van der Waals surface area contributed by atoms with Crippen molar-refractivity contribution in [2.45, 2.75) is 69.9 Å². The Morgan fingerprint density at radius 2 is 1.56 bits per heavy atom. The van der Waals surface area contributed by atoms with Gasteiger partial charge >= 0.3 is 5.97 Å². The van der Waals surface area contributed by atoms with Crippen LogP contribution in [0.15, 0.2) is 0 Å². The maximum absolute atomic E-state index is 10.5. The zero-order chi connectivity index (χ0) is 12.7. The van der Waals surface area contributed by atoms with Crippen molar-refractivity contribution in [3.63, 3.8) is 0 Å². The second-order valence-corrected chi connectivity index (χ2v) is 6.19. The van der Waals surface area contributed by atoms with Crippen LogP contribution in [-0.2, 0) is 14.3 Å². The van der Waals surface area contributed by atoms with Gasteiger partial charge in [-0.25, -0.2) is 0 Å². The molecule has 0 radical (unpaired) electrons. The second kappa shape index (κ2) is 4.82. The Morgan fingerprint density at radius 3 is 2.06 bits per heavy atom. The first-order chi connectivity index (χ1) is 8.63. The summed E-state index contributed by atoms with van der Waals surface area (Å²) in [4.78, 5) is 10.5. The highest BCUT2D eigenvalue weighted by molar-refractivity contribution is 5.70. The van der Waals surface area contributed by atoms with Gasteiger partial charge in [0, 0.05) is 0 Å². The van der Waals surface area contributed by atoms with Crippen LogP contribution in [-0.4, -0.2) is 35.5 Å². The quantitative estimate of drug-likeness (QED) is 0.729. The number of carboxylic acid groups (broad SMARTS) is 1. The molecule has 0 spiro atoms. The second-order valence-electron chi connectivity index (χ2n) is 6.19. The molecule has 6 unspecified atom stereocenters. The average molecular weight is 254 g/mol. The highest BCUT2D eigenvalue weighted by Crippen LogP contribution is 2.39. The summed E-state index contributed by atoms with van der Waals surface area (Å²) in [6, 6.07) is 0. The fraction of sp³-hybridized carbons (Fsp3) is 0.929. The van der Waals surface area contributed by atoms with E-state index in [2.05, 4.69) is 6.92 Å². The van der Waals surface area contributed by atoms with Crippen LogP contribution in [0.1, 0.15) is 45.4 Å². The molecule has 4 heteroatoms. The van der Waals surface area contributed by atoms with Crippen LogP contribution in [0.2, 0.25) is 0 Å². The molecule has 0 aromatic carbocycles. The van der Waals surface area contributed by atoms with Crippen LogP contribution in [0.25, 0.3) is 0 Å². The van der Waals surface area contributed by atoms with Crippen molar-refractivity contribution in [2.24, 2.45) is 11.8 Å². The van der Waals surface area contributed by atoms with Crippen molar-refractivity contribution in [3.8, 4) is 0 Å². The molecule has 1 N–H and O–H groups in total. The Hall–Kier alpha value is -0.610. The summed E-state index contributed by atoms with van der Waals surface area (Å²) in [6.07, 6.45) is 8.59. The summed E-state index contributed by atoms with van der Waals surface area (Å²) in [7, 11) is 0. The van der Waals surface area contributed by atoms with Crippen molar-refractivity contribution in [2.75, 3.05) is 0 Å². The van der Waals surface area contributed by atoms with E-state index >= 15 is 0 Å². The Morgan fingerprint density at radius 1 is 0.944 bits per heavy atom. The first-order valence-electron chi connectivity index (χ1n) is 7.17. The molecule has 102 valence electrons. The molecule has 2 aliphatic heterocycles. The van der Waals surface area contributed by atoms with Crippen LogP contribution in [0.5, 0.6) is 0 Å². The number of hydrogen-bond donors (Lipinski definition) is 1. The van der Waals surface area contributed by atoms with Crippen molar-refractivity contribution in [1.29, 1.82) is 0 Å². The Balaban J connectivity index is 0.000000114. The molecule has 2 aliphatic carbocycles. The molecular formula is C14H22O4. The van der Waals surface area contributed by atoms with E-state index in [4.69, 9.17) is 14.6 Å². The summed E-state index contributed by atoms with van der Waals surface area (Å²) in [5.41, 5.74) is 0. The maximum Gasteiger partial charge on any atom is 0.306 e. The highest BCUT2D eigenvalue weighted by atomic mass is 16.6. The molecule has 2 saturated heterocycles. The summed E-state index contributed by atoms with van der Waals surface area (Å²) < 4.78 is 10.5. The van der Waals surface area contributed by atoms with Gasteiger partial charge in [-0.3, -0.25) is 4.79 Å². The first-order valence-corrected chi connectivity index (χ1v) is 7.17. The van der Waals surface area contributed by atoms with E-state index in [9.17, 15) is 4.79 Å². The van der Waals surface area contributed by atoms with Crippen LogP contribution in [0.3, 0.4) is 0 Å². The van der Waals surface area contributed by atoms with Crippen LogP contribution in [0.4, 0.5) is 0 Å². The fourth-order valence-electron chi connectivity index (χ4n) is 3.23. The molecule has 18 heavy (non-hydrogen) atoms. The third-order valence-corrected chi connectivity index (χ3v) is 4.62. The lowest BCUT2D eigenvalue weighted by atomic mass is 9.90. The van der Waals surface area contributed by atoms with Gasteiger partial charge < -0.3 is 14.6 Å². The summed E-state index contributed by atoms with van der Waals surface area (Å²) >= 11 is 0. The molecule has 0 aromatic rings. The highest BCUT2D eigenvalue weighted by Gasteiger charge is 2.45. The van der Waals surface area contributed by atoms with Gasteiger partial charge in [0.2, 0.25) is 0 Å².